The van der Waals surface area contributed by atoms with Crippen molar-refractivity contribution in [2.75, 3.05) is 18.8 Å². The monoisotopic (exact) mass is 512 g/mol. The van der Waals surface area contributed by atoms with Gasteiger partial charge in [-0.3, -0.25) is 19.2 Å². The third kappa shape index (κ3) is 7.40. The van der Waals surface area contributed by atoms with Crippen LogP contribution in [0.3, 0.4) is 0 Å². The average Bonchev–Trinajstić information content (AvgIpc) is 3.16. The normalized spacial score (nSPS) is 32.7. The number of alkyl carbamates (subject to hydrolysis) is 1. The van der Waals surface area contributed by atoms with Crippen molar-refractivity contribution in [1.29, 1.82) is 0 Å². The number of carbonyl (C=O) groups is 3. The molecule has 4 rings (SSSR count). The van der Waals surface area contributed by atoms with Crippen molar-refractivity contribution in [1.82, 2.24) is 20.3 Å². The van der Waals surface area contributed by atoms with Gasteiger partial charge in [-0.05, 0) is 64.2 Å². The second-order valence-corrected chi connectivity index (χ2v) is 11.5. The van der Waals surface area contributed by atoms with E-state index in [-0.39, 0.29) is 36.5 Å². The van der Waals surface area contributed by atoms with Gasteiger partial charge in [0.05, 0.1) is 18.3 Å². The zero-order chi connectivity index (χ0) is 24.8. The van der Waals surface area contributed by atoms with E-state index >= 15 is 0 Å². The molecule has 3 N–H and O–H groups in total. The van der Waals surface area contributed by atoms with Crippen molar-refractivity contribution in [3.05, 3.63) is 12.2 Å². The van der Waals surface area contributed by atoms with Crippen molar-refractivity contribution < 1.29 is 32.3 Å². The third-order valence-electron chi connectivity index (χ3n) is 6.96. The summed E-state index contributed by atoms with van der Waals surface area (Å²) in [5, 5.41) is 5.50. The van der Waals surface area contributed by atoms with Crippen LogP contribution < -0.4 is 15.4 Å². The molecule has 1 saturated carbocycles. The largest absolute Gasteiger partial charge is 0.446 e. The molecule has 3 fully saturated rings. The van der Waals surface area contributed by atoms with Crippen molar-refractivity contribution in [3.8, 4) is 0 Å². The number of allylic oxidation sites excluding steroid dienone is 1. The molecule has 3 aliphatic heterocycles. The highest BCUT2D eigenvalue weighted by molar-refractivity contribution is 7.90. The van der Waals surface area contributed by atoms with Gasteiger partial charge in [0.25, 0.3) is 5.91 Å². The molecule has 0 aromatic heterocycles. The summed E-state index contributed by atoms with van der Waals surface area (Å²) in [6, 6.07) is -1.46. The lowest BCUT2D eigenvalue weighted by atomic mass is 10.1. The zero-order valence-corrected chi connectivity index (χ0v) is 20.8. The van der Waals surface area contributed by atoms with E-state index in [1.54, 1.807) is 0 Å². The van der Waals surface area contributed by atoms with Gasteiger partial charge < -0.3 is 20.1 Å². The van der Waals surface area contributed by atoms with Gasteiger partial charge in [0.2, 0.25) is 15.9 Å². The highest BCUT2D eigenvalue weighted by atomic mass is 32.2. The summed E-state index contributed by atoms with van der Waals surface area (Å²) in [5.41, 5.74) is 0. The number of ether oxygens (including phenoxy) is 2. The summed E-state index contributed by atoms with van der Waals surface area (Å²) in [5.74, 6) is -1.17. The molecule has 1 aliphatic carbocycles. The number of hydrogen-bond donors (Lipinski definition) is 3. The summed E-state index contributed by atoms with van der Waals surface area (Å²) < 4.78 is 37.5. The molecule has 2 saturated heterocycles. The zero-order valence-electron chi connectivity index (χ0n) is 19.9. The number of nitrogens with zero attached hydrogens (tertiary/aromatic N) is 1. The van der Waals surface area contributed by atoms with Gasteiger partial charge in [0.15, 0.2) is 0 Å². The van der Waals surface area contributed by atoms with E-state index in [0.29, 0.717) is 25.9 Å². The second-order valence-electron chi connectivity index (χ2n) is 9.70. The molecule has 3 amide bonds. The minimum atomic E-state index is -3.73. The van der Waals surface area contributed by atoms with Crippen LogP contribution in [-0.4, -0.2) is 80.6 Å². The van der Waals surface area contributed by atoms with Crippen LogP contribution in [0.4, 0.5) is 4.79 Å². The first-order valence-electron chi connectivity index (χ1n) is 12.7. The molecule has 0 aromatic rings. The summed E-state index contributed by atoms with van der Waals surface area (Å²) in [6.45, 7) is 0.964. The number of amides is 3. The van der Waals surface area contributed by atoms with Crippen molar-refractivity contribution >= 4 is 27.9 Å². The lowest BCUT2D eigenvalue weighted by Gasteiger charge is -2.24. The predicted molar refractivity (Wildman–Crippen MR) is 127 cm³/mol. The Kier molecular flexibility index (Phi) is 8.66. The number of epoxide rings is 1. The first-order valence-corrected chi connectivity index (χ1v) is 14.3. The van der Waals surface area contributed by atoms with Gasteiger partial charge in [-0.1, -0.05) is 12.2 Å². The van der Waals surface area contributed by atoms with E-state index < -0.39 is 34.1 Å². The number of rotatable bonds is 6. The Balaban J connectivity index is 1.28. The Labute approximate surface area is 206 Å². The Bertz CT molecular complexity index is 919. The average molecular weight is 513 g/mol. The van der Waals surface area contributed by atoms with Crippen LogP contribution in [0.1, 0.15) is 64.2 Å². The third-order valence-corrected chi connectivity index (χ3v) is 8.30. The number of hydrogen-bond acceptors (Lipinski definition) is 8. The Morgan fingerprint density at radius 1 is 1.11 bits per heavy atom. The lowest BCUT2D eigenvalue weighted by Crippen LogP contribution is -2.53. The fourth-order valence-electron chi connectivity index (χ4n) is 5.01. The molecule has 0 radical (unpaired) electrons. The van der Waals surface area contributed by atoms with E-state index in [9.17, 15) is 22.8 Å². The van der Waals surface area contributed by atoms with E-state index in [2.05, 4.69) is 15.4 Å². The maximum Gasteiger partial charge on any atom is 0.407 e. The summed E-state index contributed by atoms with van der Waals surface area (Å²) in [7, 11) is -3.73. The standard InChI is InChI=1S/C23H36N4O7S/c28-20-17(11-4-2-1-3-7-14-35(31,32)26-20)25-21(29)18-12-8-13-27(18)22-19(34-22)15-24-23(30)33-16-9-5-6-10-16/h2,4,16-19,22H,1,3,5-15H2,(H,24,30)(H,25,29)(H,26,28)/b4-2-. The molecule has 3 heterocycles. The van der Waals surface area contributed by atoms with Crippen molar-refractivity contribution in [2.45, 2.75) is 94.7 Å². The molecule has 4 unspecified atom stereocenters. The van der Waals surface area contributed by atoms with Gasteiger partial charge >= 0.3 is 6.09 Å². The molecule has 196 valence electrons. The van der Waals surface area contributed by atoms with Gasteiger partial charge in [-0.15, -0.1) is 0 Å². The molecular weight excluding hydrogens is 476 g/mol. The highest BCUT2D eigenvalue weighted by Crippen LogP contribution is 2.32. The van der Waals surface area contributed by atoms with Gasteiger partial charge in [-0.25, -0.2) is 13.2 Å². The molecule has 12 heteroatoms. The molecule has 4 atom stereocenters. The maximum absolute atomic E-state index is 13.1. The minimum absolute atomic E-state index is 0.00838. The van der Waals surface area contributed by atoms with Crippen LogP contribution in [-0.2, 0) is 29.1 Å². The van der Waals surface area contributed by atoms with Gasteiger partial charge in [0, 0.05) is 6.54 Å². The fourth-order valence-corrected chi connectivity index (χ4v) is 6.15. The highest BCUT2D eigenvalue weighted by Gasteiger charge is 2.49. The minimum Gasteiger partial charge on any atom is -0.446 e. The van der Waals surface area contributed by atoms with Crippen LogP contribution in [0, 0.1) is 0 Å². The SMILES string of the molecule is O=C(NCC1OC1N1CCCC1C(=O)NC1C/C=C\CCCCS(=O)(=O)NC1=O)OC1CCCC1. The molecule has 0 aromatic carbocycles. The number of nitrogens with one attached hydrogen (secondary N) is 3. The smallest absolute Gasteiger partial charge is 0.407 e. The summed E-state index contributed by atoms with van der Waals surface area (Å²) >= 11 is 0. The first kappa shape index (κ1) is 25.9. The van der Waals surface area contributed by atoms with Crippen LogP contribution in [0.2, 0.25) is 0 Å². The summed E-state index contributed by atoms with van der Waals surface area (Å²) in [4.78, 5) is 39.7. The maximum atomic E-state index is 13.1. The topological polar surface area (TPSA) is 146 Å². The van der Waals surface area contributed by atoms with Crippen molar-refractivity contribution in [2.24, 2.45) is 0 Å². The molecule has 0 bridgehead atoms. The van der Waals surface area contributed by atoms with Gasteiger partial charge in [-0.2, -0.15) is 0 Å². The quantitative estimate of drug-likeness (QED) is 0.352. The van der Waals surface area contributed by atoms with Crippen LogP contribution in [0.15, 0.2) is 12.2 Å². The van der Waals surface area contributed by atoms with E-state index in [0.717, 1.165) is 44.9 Å². The Hall–Kier alpha value is -2.18. The van der Waals surface area contributed by atoms with Crippen LogP contribution in [0.5, 0.6) is 0 Å². The first-order chi connectivity index (χ1) is 16.8. The van der Waals surface area contributed by atoms with E-state index in [4.69, 9.17) is 9.47 Å². The fraction of sp³-hybridized carbons (Fsp3) is 0.783. The van der Waals surface area contributed by atoms with Crippen molar-refractivity contribution in [3.63, 3.8) is 0 Å². The Morgan fingerprint density at radius 2 is 1.91 bits per heavy atom. The number of likely N-dealkylation sites (tertiary alicyclic amines) is 1. The van der Waals surface area contributed by atoms with E-state index in [1.165, 1.54) is 0 Å². The van der Waals surface area contributed by atoms with Gasteiger partial charge in [0.1, 0.15) is 24.5 Å². The van der Waals surface area contributed by atoms with Crippen LogP contribution in [0.25, 0.3) is 0 Å². The second kappa shape index (κ2) is 11.7. The Morgan fingerprint density at radius 3 is 2.71 bits per heavy atom. The predicted octanol–water partition coefficient (Wildman–Crippen LogP) is 0.906. The molecular formula is C23H36N4O7S. The summed E-state index contributed by atoms with van der Waals surface area (Å²) in [6.07, 6.45) is 10.3. The molecule has 11 nitrogen and oxygen atoms in total. The molecule has 0 spiro atoms. The number of carbonyl (C=O) groups excluding carboxylic acids is 3. The van der Waals surface area contributed by atoms with Crippen LogP contribution >= 0.6 is 0 Å². The molecule has 35 heavy (non-hydrogen) atoms. The van der Waals surface area contributed by atoms with E-state index in [1.807, 2.05) is 17.1 Å². The molecule has 4 aliphatic rings. The number of sulfonamides is 1. The lowest BCUT2D eigenvalue weighted by molar-refractivity contribution is -0.131.